The molecular formula is C22H25N3O2S. The van der Waals surface area contributed by atoms with Crippen LogP contribution < -0.4 is 10.6 Å². The van der Waals surface area contributed by atoms with Gasteiger partial charge in [-0.1, -0.05) is 30.3 Å². The molecule has 1 atom stereocenters. The predicted molar refractivity (Wildman–Crippen MR) is 115 cm³/mol. The van der Waals surface area contributed by atoms with Crippen LogP contribution in [0.15, 0.2) is 42.5 Å². The van der Waals surface area contributed by atoms with Crippen molar-refractivity contribution in [2.75, 3.05) is 35.2 Å². The smallest absolute Gasteiger partial charge is 0.232 e. The van der Waals surface area contributed by atoms with Gasteiger partial charge in [0.25, 0.3) is 0 Å². The average Bonchev–Trinajstić information content (AvgIpc) is 2.70. The second-order valence-corrected chi connectivity index (χ2v) is 8.64. The number of thioether (sulfide) groups is 1. The van der Waals surface area contributed by atoms with E-state index in [2.05, 4.69) is 33.7 Å². The van der Waals surface area contributed by atoms with Crippen molar-refractivity contribution in [3.63, 3.8) is 0 Å². The van der Waals surface area contributed by atoms with Crippen molar-refractivity contribution in [1.29, 1.82) is 0 Å². The number of carbonyl (C=O) groups is 2. The maximum Gasteiger partial charge on any atom is 0.232 e. The molecule has 2 heterocycles. The van der Waals surface area contributed by atoms with E-state index in [9.17, 15) is 9.59 Å². The Balaban J connectivity index is 1.51. The van der Waals surface area contributed by atoms with Gasteiger partial charge >= 0.3 is 0 Å². The van der Waals surface area contributed by atoms with Gasteiger partial charge in [0.15, 0.2) is 0 Å². The maximum atomic E-state index is 13.0. The summed E-state index contributed by atoms with van der Waals surface area (Å²) in [5.74, 6) is 1.65. The number of nitrogens with zero attached hydrogens (tertiary/aromatic N) is 1. The van der Waals surface area contributed by atoms with Crippen molar-refractivity contribution in [2.24, 2.45) is 0 Å². The summed E-state index contributed by atoms with van der Waals surface area (Å²) in [6.07, 6.45) is 0.174. The van der Waals surface area contributed by atoms with Gasteiger partial charge in [0.1, 0.15) is 0 Å². The molecule has 2 aliphatic rings. The minimum absolute atomic E-state index is 0.118. The van der Waals surface area contributed by atoms with E-state index in [0.29, 0.717) is 0 Å². The molecular weight excluding hydrogens is 370 g/mol. The van der Waals surface area contributed by atoms with Gasteiger partial charge in [0.2, 0.25) is 11.8 Å². The molecule has 0 radical (unpaired) electrons. The maximum absolute atomic E-state index is 13.0. The summed E-state index contributed by atoms with van der Waals surface area (Å²) < 4.78 is 0. The number of aryl methyl sites for hydroxylation is 1. The summed E-state index contributed by atoms with van der Waals surface area (Å²) in [4.78, 5) is 27.5. The van der Waals surface area contributed by atoms with E-state index >= 15 is 0 Å². The Morgan fingerprint density at radius 2 is 2.00 bits per heavy atom. The lowest BCUT2D eigenvalue weighted by atomic mass is 9.89. The lowest BCUT2D eigenvalue weighted by Gasteiger charge is -2.27. The number of para-hydroxylation sites is 1. The Bertz CT molecular complexity index is 893. The first-order valence-corrected chi connectivity index (χ1v) is 10.8. The zero-order valence-electron chi connectivity index (χ0n) is 16.0. The predicted octanol–water partition coefficient (Wildman–Crippen LogP) is 3.61. The Kier molecular flexibility index (Phi) is 5.69. The van der Waals surface area contributed by atoms with Crippen LogP contribution in [0.5, 0.6) is 0 Å². The van der Waals surface area contributed by atoms with Crippen LogP contribution in [0.4, 0.5) is 11.4 Å². The topological polar surface area (TPSA) is 61.4 Å². The molecule has 1 saturated heterocycles. The van der Waals surface area contributed by atoms with Gasteiger partial charge in [-0.05, 0) is 35.7 Å². The van der Waals surface area contributed by atoms with Gasteiger partial charge in [-0.3, -0.25) is 14.5 Å². The molecule has 1 unspecified atom stereocenters. The standard InChI is InChI=1S/C22H25N3O2S/c1-15-6-7-16(14-25-8-10-28-11-9-25)12-20(15)24-22(27)18-13-21(26)23-19-5-3-2-4-17(18)19/h2-7,12,18H,8-11,13-14H2,1H3,(H,23,26)(H,24,27). The van der Waals surface area contributed by atoms with Crippen molar-refractivity contribution >= 4 is 35.0 Å². The fraction of sp³-hybridized carbons (Fsp3) is 0.364. The van der Waals surface area contributed by atoms with E-state index in [4.69, 9.17) is 0 Å². The van der Waals surface area contributed by atoms with Crippen LogP contribution >= 0.6 is 11.8 Å². The lowest BCUT2D eigenvalue weighted by molar-refractivity contribution is -0.123. The zero-order chi connectivity index (χ0) is 19.5. The number of anilines is 2. The number of benzene rings is 2. The van der Waals surface area contributed by atoms with Crippen molar-refractivity contribution in [3.8, 4) is 0 Å². The molecule has 2 amide bonds. The third-order valence-corrected chi connectivity index (χ3v) is 6.33. The van der Waals surface area contributed by atoms with E-state index < -0.39 is 5.92 Å². The molecule has 0 bridgehead atoms. The van der Waals surface area contributed by atoms with E-state index in [1.54, 1.807) is 0 Å². The van der Waals surface area contributed by atoms with Crippen molar-refractivity contribution in [3.05, 3.63) is 59.2 Å². The fourth-order valence-electron chi connectivity index (χ4n) is 3.78. The Morgan fingerprint density at radius 3 is 2.82 bits per heavy atom. The lowest BCUT2D eigenvalue weighted by Crippen LogP contribution is -2.32. The Hall–Kier alpha value is -2.31. The van der Waals surface area contributed by atoms with Gasteiger partial charge < -0.3 is 10.6 Å². The number of nitrogens with one attached hydrogen (secondary N) is 2. The highest BCUT2D eigenvalue weighted by atomic mass is 32.2. The zero-order valence-corrected chi connectivity index (χ0v) is 16.8. The summed E-state index contributed by atoms with van der Waals surface area (Å²) in [5, 5.41) is 5.93. The van der Waals surface area contributed by atoms with Crippen LogP contribution in [-0.2, 0) is 16.1 Å². The van der Waals surface area contributed by atoms with Crippen LogP contribution in [0.25, 0.3) is 0 Å². The highest BCUT2D eigenvalue weighted by molar-refractivity contribution is 7.99. The van der Waals surface area contributed by atoms with Gasteiger partial charge in [-0.25, -0.2) is 0 Å². The minimum atomic E-state index is -0.466. The summed E-state index contributed by atoms with van der Waals surface area (Å²) in [7, 11) is 0. The number of rotatable bonds is 4. The normalized spacial score (nSPS) is 19.6. The summed E-state index contributed by atoms with van der Waals surface area (Å²) >= 11 is 2.00. The molecule has 2 aliphatic heterocycles. The molecule has 28 heavy (non-hydrogen) atoms. The van der Waals surface area contributed by atoms with Gasteiger partial charge in [-0.15, -0.1) is 0 Å². The van der Waals surface area contributed by atoms with Crippen LogP contribution in [0.1, 0.15) is 29.0 Å². The number of amides is 2. The van der Waals surface area contributed by atoms with Crippen LogP contribution in [0, 0.1) is 6.92 Å². The van der Waals surface area contributed by atoms with Crippen LogP contribution in [-0.4, -0.2) is 41.3 Å². The molecule has 2 aromatic rings. The quantitative estimate of drug-likeness (QED) is 0.830. The third-order valence-electron chi connectivity index (χ3n) is 5.39. The first-order valence-electron chi connectivity index (χ1n) is 9.69. The largest absolute Gasteiger partial charge is 0.326 e. The second-order valence-electron chi connectivity index (χ2n) is 7.42. The molecule has 0 aliphatic carbocycles. The van der Waals surface area contributed by atoms with E-state index in [1.807, 2.05) is 43.0 Å². The first kappa shape index (κ1) is 19.0. The van der Waals surface area contributed by atoms with Crippen LogP contribution in [0.3, 0.4) is 0 Å². The first-order chi connectivity index (χ1) is 13.6. The molecule has 0 aromatic heterocycles. The highest BCUT2D eigenvalue weighted by Crippen LogP contribution is 2.33. The summed E-state index contributed by atoms with van der Waals surface area (Å²) in [6, 6.07) is 13.8. The molecule has 4 rings (SSSR count). The highest BCUT2D eigenvalue weighted by Gasteiger charge is 2.30. The average molecular weight is 396 g/mol. The summed E-state index contributed by atoms with van der Waals surface area (Å²) in [6.45, 7) is 5.11. The van der Waals surface area contributed by atoms with Crippen molar-refractivity contribution in [1.82, 2.24) is 4.90 Å². The van der Waals surface area contributed by atoms with Crippen LogP contribution in [0.2, 0.25) is 0 Å². The molecule has 2 N–H and O–H groups in total. The molecule has 2 aromatic carbocycles. The third kappa shape index (κ3) is 4.23. The molecule has 0 spiro atoms. The fourth-order valence-corrected chi connectivity index (χ4v) is 4.76. The second kappa shape index (κ2) is 8.37. The van der Waals surface area contributed by atoms with E-state index in [-0.39, 0.29) is 18.2 Å². The molecule has 146 valence electrons. The molecule has 6 heteroatoms. The van der Waals surface area contributed by atoms with Crippen molar-refractivity contribution in [2.45, 2.75) is 25.8 Å². The summed E-state index contributed by atoms with van der Waals surface area (Å²) in [5.41, 5.74) is 4.67. The number of fused-ring (bicyclic) bond motifs is 1. The number of hydrogen-bond acceptors (Lipinski definition) is 4. The van der Waals surface area contributed by atoms with Crippen molar-refractivity contribution < 1.29 is 9.59 Å². The Labute approximate surface area is 169 Å². The van der Waals surface area contributed by atoms with Gasteiger partial charge in [0, 0.05) is 48.9 Å². The number of carbonyl (C=O) groups excluding carboxylic acids is 2. The van der Waals surface area contributed by atoms with Gasteiger partial charge in [0.05, 0.1) is 5.92 Å². The molecule has 5 nitrogen and oxygen atoms in total. The monoisotopic (exact) mass is 395 g/mol. The van der Waals surface area contributed by atoms with E-state index in [0.717, 1.165) is 42.1 Å². The molecule has 1 fully saturated rings. The molecule has 0 saturated carbocycles. The SMILES string of the molecule is Cc1ccc(CN2CCSCC2)cc1NC(=O)C1CC(=O)Nc2ccccc21. The Morgan fingerprint density at radius 1 is 1.21 bits per heavy atom. The van der Waals surface area contributed by atoms with Gasteiger partial charge in [-0.2, -0.15) is 11.8 Å². The van der Waals surface area contributed by atoms with E-state index in [1.165, 1.54) is 17.1 Å². The minimum Gasteiger partial charge on any atom is -0.326 e. The number of hydrogen-bond donors (Lipinski definition) is 2.